The first-order valence-electron chi connectivity index (χ1n) is 8.62. The Morgan fingerprint density at radius 3 is 2.52 bits per heavy atom. The second-order valence-electron chi connectivity index (χ2n) is 7.11. The van der Waals surface area contributed by atoms with Crippen molar-refractivity contribution in [3.05, 3.63) is 29.2 Å². The van der Waals surface area contributed by atoms with Crippen LogP contribution in [0.2, 0.25) is 0 Å². The Hall–Kier alpha value is -1.60. The molecule has 3 unspecified atom stereocenters. The number of hydrogen-bond donors (Lipinski definition) is 2. The van der Waals surface area contributed by atoms with E-state index in [9.17, 15) is 18.3 Å². The van der Waals surface area contributed by atoms with E-state index < -0.39 is 17.8 Å². The van der Waals surface area contributed by atoms with Crippen molar-refractivity contribution in [1.29, 1.82) is 0 Å². The molecule has 3 rings (SSSR count). The number of hydrogen-bond acceptors (Lipinski definition) is 4. The summed E-state index contributed by atoms with van der Waals surface area (Å²) in [5.74, 6) is 0.200. The molecule has 0 saturated heterocycles. The highest BCUT2D eigenvalue weighted by molar-refractivity contribution is 5.78. The van der Waals surface area contributed by atoms with E-state index in [0.29, 0.717) is 11.5 Å². The van der Waals surface area contributed by atoms with Gasteiger partial charge in [0.05, 0.1) is 6.10 Å². The van der Waals surface area contributed by atoms with Gasteiger partial charge in [0.1, 0.15) is 11.1 Å². The molecule has 1 aliphatic rings. The molecule has 25 heavy (non-hydrogen) atoms. The van der Waals surface area contributed by atoms with Crippen LogP contribution in [-0.4, -0.2) is 22.2 Å². The van der Waals surface area contributed by atoms with Crippen LogP contribution in [0.5, 0.6) is 0 Å². The second-order valence-corrected chi connectivity index (χ2v) is 7.11. The van der Waals surface area contributed by atoms with Crippen LogP contribution in [0.25, 0.3) is 11.1 Å². The summed E-state index contributed by atoms with van der Waals surface area (Å²) in [6.45, 7) is 5.45. The van der Waals surface area contributed by atoms with Crippen molar-refractivity contribution in [2.45, 2.75) is 70.3 Å². The summed E-state index contributed by atoms with van der Waals surface area (Å²) in [5.41, 5.74) is -0.315. The Labute approximate surface area is 144 Å². The number of nitrogens with one attached hydrogen (secondary N) is 1. The third-order valence-corrected chi connectivity index (χ3v) is 4.77. The normalized spacial score (nSPS) is 22.9. The molecular formula is C18H23F3N2O2. The number of aromatic nitrogens is 1. The molecular weight excluding hydrogens is 333 g/mol. The van der Waals surface area contributed by atoms with Crippen LogP contribution in [0, 0.1) is 0 Å². The molecule has 3 atom stereocenters. The smallest absolute Gasteiger partial charge is 0.420 e. The first kappa shape index (κ1) is 18.2. The van der Waals surface area contributed by atoms with Crippen molar-refractivity contribution in [2.24, 2.45) is 0 Å². The van der Waals surface area contributed by atoms with Gasteiger partial charge in [0, 0.05) is 18.0 Å². The largest absolute Gasteiger partial charge is 0.440 e. The van der Waals surface area contributed by atoms with Gasteiger partial charge in [0.2, 0.25) is 0 Å². The number of oxazole rings is 1. The minimum Gasteiger partial charge on any atom is -0.440 e. The van der Waals surface area contributed by atoms with E-state index in [0.717, 1.165) is 25.3 Å². The number of halogens is 3. The minimum atomic E-state index is -4.52. The molecule has 0 amide bonds. The fourth-order valence-corrected chi connectivity index (χ4v) is 3.33. The van der Waals surface area contributed by atoms with E-state index in [1.807, 2.05) is 13.8 Å². The zero-order chi connectivity index (χ0) is 18.4. The summed E-state index contributed by atoms with van der Waals surface area (Å²) in [5, 5.41) is 13.2. The number of aliphatic hydroxyl groups excluding tert-OH is 1. The summed E-state index contributed by atoms with van der Waals surface area (Å²) in [4.78, 5) is 4.23. The lowest BCUT2D eigenvalue weighted by atomic mass is 10.0. The van der Waals surface area contributed by atoms with Crippen LogP contribution in [0.3, 0.4) is 0 Å². The van der Waals surface area contributed by atoms with Crippen molar-refractivity contribution in [2.75, 3.05) is 0 Å². The molecule has 1 heterocycles. The summed E-state index contributed by atoms with van der Waals surface area (Å²) in [6.07, 6.45) is -2.51. The van der Waals surface area contributed by atoms with E-state index in [-0.39, 0.29) is 29.1 Å². The molecule has 1 aromatic heterocycles. The number of rotatable bonds is 4. The molecule has 1 aromatic carbocycles. The average molecular weight is 356 g/mol. The van der Waals surface area contributed by atoms with Crippen LogP contribution in [0.1, 0.15) is 69.0 Å². The van der Waals surface area contributed by atoms with Crippen molar-refractivity contribution in [3.8, 4) is 0 Å². The van der Waals surface area contributed by atoms with Gasteiger partial charge in [-0.25, -0.2) is 4.98 Å². The van der Waals surface area contributed by atoms with Crippen LogP contribution < -0.4 is 5.32 Å². The summed E-state index contributed by atoms with van der Waals surface area (Å²) >= 11 is 0. The number of alkyl halides is 3. The van der Waals surface area contributed by atoms with E-state index in [1.54, 1.807) is 13.0 Å². The average Bonchev–Trinajstić information content (AvgIpc) is 3.11. The van der Waals surface area contributed by atoms with E-state index in [1.165, 1.54) is 0 Å². The summed E-state index contributed by atoms with van der Waals surface area (Å²) in [6, 6.07) is 2.33. The Morgan fingerprint density at radius 1 is 1.24 bits per heavy atom. The fourth-order valence-electron chi connectivity index (χ4n) is 3.33. The van der Waals surface area contributed by atoms with Gasteiger partial charge in [-0.05, 0) is 43.9 Å². The van der Waals surface area contributed by atoms with Gasteiger partial charge in [-0.1, -0.05) is 13.8 Å². The summed E-state index contributed by atoms with van der Waals surface area (Å²) in [7, 11) is 0. The SMILES string of the molecule is CC(C)c1nc2cc(C(C)NC3CCCC3O)cc(C(F)(F)F)c2o1. The Balaban J connectivity index is 2.00. The van der Waals surface area contributed by atoms with E-state index >= 15 is 0 Å². The first-order chi connectivity index (χ1) is 11.7. The fraction of sp³-hybridized carbons (Fsp3) is 0.611. The van der Waals surface area contributed by atoms with Crippen LogP contribution in [0.15, 0.2) is 16.5 Å². The lowest BCUT2D eigenvalue weighted by Gasteiger charge is -2.23. The third-order valence-electron chi connectivity index (χ3n) is 4.77. The highest BCUT2D eigenvalue weighted by atomic mass is 19.4. The third kappa shape index (κ3) is 3.67. The van der Waals surface area contributed by atoms with Gasteiger partial charge in [-0.3, -0.25) is 0 Å². The molecule has 0 spiro atoms. The highest BCUT2D eigenvalue weighted by Gasteiger charge is 2.36. The Kier molecular flexibility index (Phi) is 4.81. The zero-order valence-corrected chi connectivity index (χ0v) is 14.5. The molecule has 1 saturated carbocycles. The molecule has 4 nitrogen and oxygen atoms in total. The Bertz CT molecular complexity index is 755. The van der Waals surface area contributed by atoms with E-state index in [4.69, 9.17) is 4.42 Å². The Morgan fingerprint density at radius 2 is 1.96 bits per heavy atom. The lowest BCUT2D eigenvalue weighted by Crippen LogP contribution is -2.37. The van der Waals surface area contributed by atoms with Crippen molar-refractivity contribution in [1.82, 2.24) is 10.3 Å². The standard InChI is InChI=1S/C18H23F3N2O2/c1-9(2)17-23-14-8-11(7-12(16(14)25-17)18(19,20)21)10(3)22-13-5-4-6-15(13)24/h7-10,13,15,22,24H,4-6H2,1-3H3. The molecule has 7 heteroatoms. The number of nitrogens with zero attached hydrogens (tertiary/aromatic N) is 1. The maximum Gasteiger partial charge on any atom is 0.420 e. The summed E-state index contributed by atoms with van der Waals surface area (Å²) < 4.78 is 45.9. The van der Waals surface area contributed by atoms with E-state index in [2.05, 4.69) is 10.3 Å². The predicted molar refractivity (Wildman–Crippen MR) is 88.3 cm³/mol. The molecule has 1 aliphatic carbocycles. The topological polar surface area (TPSA) is 58.3 Å². The lowest BCUT2D eigenvalue weighted by molar-refractivity contribution is -0.136. The number of aliphatic hydroxyl groups is 1. The van der Waals surface area contributed by atoms with Crippen molar-refractivity contribution >= 4 is 11.1 Å². The molecule has 2 aromatic rings. The van der Waals surface area contributed by atoms with Crippen molar-refractivity contribution in [3.63, 3.8) is 0 Å². The maximum atomic E-state index is 13.5. The maximum absolute atomic E-state index is 13.5. The van der Waals surface area contributed by atoms with Gasteiger partial charge in [-0.2, -0.15) is 13.2 Å². The van der Waals surface area contributed by atoms with Crippen LogP contribution >= 0.6 is 0 Å². The quantitative estimate of drug-likeness (QED) is 0.845. The van der Waals surface area contributed by atoms with Crippen molar-refractivity contribution < 1.29 is 22.7 Å². The molecule has 2 N–H and O–H groups in total. The van der Waals surface area contributed by atoms with Crippen LogP contribution in [-0.2, 0) is 6.18 Å². The monoisotopic (exact) mass is 356 g/mol. The molecule has 0 radical (unpaired) electrons. The van der Waals surface area contributed by atoms with Gasteiger partial charge in [-0.15, -0.1) is 0 Å². The highest BCUT2D eigenvalue weighted by Crippen LogP contribution is 2.38. The second kappa shape index (κ2) is 6.61. The molecule has 138 valence electrons. The zero-order valence-electron chi connectivity index (χ0n) is 14.5. The van der Waals surface area contributed by atoms with Gasteiger partial charge in [0.25, 0.3) is 0 Å². The minimum absolute atomic E-state index is 0.0939. The first-order valence-corrected chi connectivity index (χ1v) is 8.62. The number of benzene rings is 1. The predicted octanol–water partition coefficient (Wildman–Crippen LogP) is 4.53. The molecule has 1 fully saturated rings. The van der Waals surface area contributed by atoms with Gasteiger partial charge < -0.3 is 14.8 Å². The molecule has 0 aliphatic heterocycles. The van der Waals surface area contributed by atoms with Gasteiger partial charge >= 0.3 is 6.18 Å². The van der Waals surface area contributed by atoms with Crippen LogP contribution in [0.4, 0.5) is 13.2 Å². The number of fused-ring (bicyclic) bond motifs is 1. The van der Waals surface area contributed by atoms with Gasteiger partial charge in [0.15, 0.2) is 11.5 Å². The molecule has 0 bridgehead atoms.